The molecule has 5 nitrogen and oxygen atoms in total. The van der Waals surface area contributed by atoms with Crippen LogP contribution in [0.2, 0.25) is 0 Å². The van der Waals surface area contributed by atoms with E-state index in [1.54, 1.807) is 11.3 Å². The van der Waals surface area contributed by atoms with Gasteiger partial charge in [0.15, 0.2) is 0 Å². The monoisotopic (exact) mass is 342 g/mol. The molecule has 0 unspecified atom stereocenters. The van der Waals surface area contributed by atoms with Gasteiger partial charge in [-0.2, -0.15) is 0 Å². The molecule has 1 aromatic carbocycles. The van der Waals surface area contributed by atoms with Crippen LogP contribution in [-0.2, 0) is 19.5 Å². The van der Waals surface area contributed by atoms with Crippen molar-refractivity contribution >= 4 is 22.3 Å². The lowest BCUT2D eigenvalue weighted by atomic mass is 10.1. The quantitative estimate of drug-likeness (QED) is 0.746. The molecule has 0 aliphatic carbocycles. The van der Waals surface area contributed by atoms with Crippen LogP contribution in [0, 0.1) is 0 Å². The van der Waals surface area contributed by atoms with Gasteiger partial charge in [0, 0.05) is 42.9 Å². The number of fused-ring (bicyclic) bond motifs is 1. The van der Waals surface area contributed by atoms with Crippen molar-refractivity contribution in [3.8, 4) is 0 Å². The third-order valence-electron chi connectivity index (χ3n) is 4.55. The Labute approximate surface area is 145 Å². The molecule has 4 rings (SSSR count). The summed E-state index contributed by atoms with van der Waals surface area (Å²) in [6.45, 7) is 5.89. The largest absolute Gasteiger partial charge is 0.461 e. The first-order valence-electron chi connectivity index (χ1n) is 8.45. The van der Waals surface area contributed by atoms with Crippen molar-refractivity contribution in [2.75, 3.05) is 20.1 Å². The normalized spacial score (nSPS) is 15.3. The summed E-state index contributed by atoms with van der Waals surface area (Å²) in [5, 5.41) is 15.5. The third-order valence-corrected chi connectivity index (χ3v) is 5.62. The van der Waals surface area contributed by atoms with Crippen LogP contribution in [0.4, 0.5) is 0 Å². The summed E-state index contributed by atoms with van der Waals surface area (Å²) in [6, 6.07) is 8.29. The second-order valence-corrected chi connectivity index (χ2v) is 7.51. The second kappa shape index (κ2) is 6.63. The summed E-state index contributed by atoms with van der Waals surface area (Å²) >= 11 is 1.74. The fourth-order valence-electron chi connectivity index (χ4n) is 3.12. The van der Waals surface area contributed by atoms with Crippen LogP contribution in [0.3, 0.4) is 0 Å². The van der Waals surface area contributed by atoms with Crippen LogP contribution < -0.4 is 5.32 Å². The Balaban J connectivity index is 1.49. The summed E-state index contributed by atoms with van der Waals surface area (Å²) in [7, 11) is 2.13. The molecule has 2 aromatic heterocycles. The number of hydrogen-bond acceptors (Lipinski definition) is 6. The molecule has 1 saturated heterocycles. The third kappa shape index (κ3) is 2.97. The van der Waals surface area contributed by atoms with Gasteiger partial charge in [-0.25, -0.2) is 0 Å². The van der Waals surface area contributed by atoms with E-state index in [0.29, 0.717) is 5.92 Å². The van der Waals surface area contributed by atoms with Crippen LogP contribution in [0.5, 0.6) is 0 Å². The predicted molar refractivity (Wildman–Crippen MR) is 96.3 cm³/mol. The van der Waals surface area contributed by atoms with Gasteiger partial charge in [-0.3, -0.25) is 4.90 Å². The lowest BCUT2D eigenvalue weighted by Crippen LogP contribution is -2.39. The molecule has 24 heavy (non-hydrogen) atoms. The molecule has 1 aliphatic heterocycles. The number of hydrogen-bond donors (Lipinski definition) is 1. The van der Waals surface area contributed by atoms with E-state index < -0.39 is 0 Å². The first kappa shape index (κ1) is 15.7. The van der Waals surface area contributed by atoms with Crippen molar-refractivity contribution in [3.05, 3.63) is 45.6 Å². The molecule has 6 heteroatoms. The van der Waals surface area contributed by atoms with E-state index >= 15 is 0 Å². The SMILES string of the molecule is CCc1oc2ccccc2c1CN(C)Cc1nnc(C2CNC2)s1. The molecule has 3 heterocycles. The number of para-hydroxylation sites is 1. The van der Waals surface area contributed by atoms with Gasteiger partial charge in [-0.15, -0.1) is 10.2 Å². The molecule has 0 saturated carbocycles. The van der Waals surface area contributed by atoms with Crippen molar-refractivity contribution in [1.82, 2.24) is 20.4 Å². The summed E-state index contributed by atoms with van der Waals surface area (Å²) in [6.07, 6.45) is 0.912. The highest BCUT2D eigenvalue weighted by Crippen LogP contribution is 2.28. The van der Waals surface area contributed by atoms with Crippen molar-refractivity contribution < 1.29 is 4.42 Å². The number of nitrogens with one attached hydrogen (secondary N) is 1. The Hall–Kier alpha value is -1.76. The number of furan rings is 1. The summed E-state index contributed by atoms with van der Waals surface area (Å²) in [5.41, 5.74) is 2.27. The minimum Gasteiger partial charge on any atom is -0.461 e. The van der Waals surface area contributed by atoms with E-state index in [2.05, 4.69) is 46.5 Å². The van der Waals surface area contributed by atoms with Crippen LogP contribution in [-0.4, -0.2) is 35.2 Å². The van der Waals surface area contributed by atoms with Crippen LogP contribution in [0.25, 0.3) is 11.0 Å². The van der Waals surface area contributed by atoms with Gasteiger partial charge >= 0.3 is 0 Å². The Morgan fingerprint density at radius 3 is 2.83 bits per heavy atom. The average molecular weight is 342 g/mol. The van der Waals surface area contributed by atoms with Crippen molar-refractivity contribution in [3.63, 3.8) is 0 Å². The van der Waals surface area contributed by atoms with Gasteiger partial charge in [0.25, 0.3) is 0 Å². The number of nitrogens with zero attached hydrogens (tertiary/aromatic N) is 3. The molecule has 1 fully saturated rings. The molecule has 0 spiro atoms. The Kier molecular flexibility index (Phi) is 4.35. The van der Waals surface area contributed by atoms with Crippen LogP contribution in [0.1, 0.15) is 34.2 Å². The maximum atomic E-state index is 6.00. The lowest BCUT2D eigenvalue weighted by molar-refractivity contribution is 0.315. The summed E-state index contributed by atoms with van der Waals surface area (Å²) in [5.74, 6) is 1.65. The number of rotatable bonds is 6. The molecule has 0 bridgehead atoms. The Morgan fingerprint density at radius 1 is 1.25 bits per heavy atom. The summed E-state index contributed by atoms with van der Waals surface area (Å²) in [4.78, 5) is 2.29. The van der Waals surface area contributed by atoms with Gasteiger partial charge in [0.05, 0.1) is 6.54 Å². The fourth-order valence-corrected chi connectivity index (χ4v) is 4.15. The molecular weight excluding hydrogens is 320 g/mol. The number of aromatic nitrogens is 2. The topological polar surface area (TPSA) is 54.2 Å². The molecule has 0 radical (unpaired) electrons. The maximum absolute atomic E-state index is 6.00. The molecule has 0 atom stereocenters. The van der Waals surface area contributed by atoms with E-state index in [0.717, 1.165) is 49.0 Å². The van der Waals surface area contributed by atoms with E-state index in [1.807, 2.05) is 12.1 Å². The molecule has 1 aliphatic rings. The van der Waals surface area contributed by atoms with Gasteiger partial charge in [-0.05, 0) is 13.1 Å². The predicted octanol–water partition coefficient (Wildman–Crippen LogP) is 3.17. The lowest BCUT2D eigenvalue weighted by Gasteiger charge is -2.24. The molecular formula is C18H22N4OS. The Bertz CT molecular complexity index is 837. The van der Waals surface area contributed by atoms with Gasteiger partial charge in [-0.1, -0.05) is 36.5 Å². The smallest absolute Gasteiger partial charge is 0.134 e. The van der Waals surface area contributed by atoms with Gasteiger partial charge in [0.2, 0.25) is 0 Å². The highest BCUT2D eigenvalue weighted by atomic mass is 32.1. The molecule has 0 amide bonds. The highest BCUT2D eigenvalue weighted by molar-refractivity contribution is 7.11. The van der Waals surface area contributed by atoms with Crippen LogP contribution >= 0.6 is 11.3 Å². The number of benzene rings is 1. The van der Waals surface area contributed by atoms with Crippen molar-refractivity contribution in [2.45, 2.75) is 32.4 Å². The minimum absolute atomic E-state index is 0.561. The van der Waals surface area contributed by atoms with Gasteiger partial charge in [0.1, 0.15) is 21.4 Å². The van der Waals surface area contributed by atoms with E-state index in [-0.39, 0.29) is 0 Å². The fraction of sp³-hybridized carbons (Fsp3) is 0.444. The van der Waals surface area contributed by atoms with E-state index in [4.69, 9.17) is 4.42 Å². The maximum Gasteiger partial charge on any atom is 0.134 e. The second-order valence-electron chi connectivity index (χ2n) is 6.42. The average Bonchev–Trinajstić information content (AvgIpc) is 3.11. The molecule has 3 aromatic rings. The Morgan fingerprint density at radius 2 is 2.08 bits per heavy atom. The zero-order valence-corrected chi connectivity index (χ0v) is 14.9. The zero-order valence-electron chi connectivity index (χ0n) is 14.1. The number of aryl methyl sites for hydroxylation is 1. The van der Waals surface area contributed by atoms with Gasteiger partial charge < -0.3 is 9.73 Å². The highest BCUT2D eigenvalue weighted by Gasteiger charge is 2.23. The van der Waals surface area contributed by atoms with E-state index in [1.165, 1.54) is 16.0 Å². The molecule has 1 N–H and O–H groups in total. The van der Waals surface area contributed by atoms with Crippen molar-refractivity contribution in [2.24, 2.45) is 0 Å². The van der Waals surface area contributed by atoms with E-state index in [9.17, 15) is 0 Å². The summed E-state index contributed by atoms with van der Waals surface area (Å²) < 4.78 is 6.00. The first-order chi connectivity index (χ1) is 11.7. The zero-order chi connectivity index (χ0) is 16.5. The molecule has 126 valence electrons. The van der Waals surface area contributed by atoms with Crippen LogP contribution in [0.15, 0.2) is 28.7 Å². The first-order valence-corrected chi connectivity index (χ1v) is 9.27. The standard InChI is InChI=1S/C18H22N4OS/c1-3-15-14(13-6-4-5-7-16(13)23-15)10-22(2)11-17-20-21-18(24-17)12-8-19-9-12/h4-7,12,19H,3,8-11H2,1-2H3. The van der Waals surface area contributed by atoms with Crippen molar-refractivity contribution in [1.29, 1.82) is 0 Å². The minimum atomic E-state index is 0.561.